The molecule has 0 fully saturated rings. The quantitative estimate of drug-likeness (QED) is 0.609. The molecule has 0 amide bonds. The van der Waals surface area contributed by atoms with Gasteiger partial charge < -0.3 is 5.32 Å². The molecule has 0 atom stereocenters. The van der Waals surface area contributed by atoms with Crippen molar-refractivity contribution < 1.29 is 0 Å². The zero-order chi connectivity index (χ0) is 8.69. The zero-order valence-electron chi connectivity index (χ0n) is 7.65. The first-order valence-electron chi connectivity index (χ1n) is 3.96. The molecular weight excluding hydrogens is 134 g/mol. The molecule has 0 saturated carbocycles. The van der Waals surface area contributed by atoms with E-state index in [2.05, 4.69) is 24.9 Å². The zero-order valence-corrected chi connectivity index (χ0v) is 7.65. The molecule has 0 radical (unpaired) electrons. The van der Waals surface area contributed by atoms with Crippen LogP contribution in [0.5, 0.6) is 0 Å². The van der Waals surface area contributed by atoms with Crippen molar-refractivity contribution in [1.82, 2.24) is 5.32 Å². The largest absolute Gasteiger partial charge is 0.385 e. The molecule has 0 aromatic heterocycles. The van der Waals surface area contributed by atoms with Gasteiger partial charge in [-0.1, -0.05) is 18.7 Å². The number of rotatable bonds is 4. The van der Waals surface area contributed by atoms with Crippen LogP contribution in [0.15, 0.2) is 36.1 Å². The van der Waals surface area contributed by atoms with Gasteiger partial charge in [0.1, 0.15) is 0 Å². The van der Waals surface area contributed by atoms with Crippen molar-refractivity contribution in [3.63, 3.8) is 0 Å². The first-order valence-corrected chi connectivity index (χ1v) is 3.96. The maximum absolute atomic E-state index is 3.71. The van der Waals surface area contributed by atoms with Crippen LogP contribution < -0.4 is 5.32 Å². The Balaban J connectivity index is 4.42. The number of allylic oxidation sites excluding steroid dienone is 4. The molecule has 0 aromatic rings. The average Bonchev–Trinajstić information content (AvgIpc) is 2.03. The summed E-state index contributed by atoms with van der Waals surface area (Å²) >= 11 is 0. The maximum atomic E-state index is 3.71. The Morgan fingerprint density at radius 1 is 1.55 bits per heavy atom. The van der Waals surface area contributed by atoms with E-state index in [1.807, 2.05) is 26.0 Å². The van der Waals surface area contributed by atoms with Crippen LogP contribution in [0.1, 0.15) is 20.8 Å². The van der Waals surface area contributed by atoms with Gasteiger partial charge in [0, 0.05) is 12.2 Å². The first-order chi connectivity index (χ1) is 5.26. The molecule has 11 heavy (non-hydrogen) atoms. The highest BCUT2D eigenvalue weighted by Gasteiger charge is 1.91. The summed E-state index contributed by atoms with van der Waals surface area (Å²) in [6.07, 6.45) is 5.93. The molecule has 0 aromatic carbocycles. The average molecular weight is 151 g/mol. The molecule has 1 N–H and O–H groups in total. The van der Waals surface area contributed by atoms with Gasteiger partial charge in [0.25, 0.3) is 0 Å². The number of hydrogen-bond acceptors (Lipinski definition) is 1. The summed E-state index contributed by atoms with van der Waals surface area (Å²) in [7, 11) is 0. The molecule has 0 rings (SSSR count). The normalized spacial score (nSPS) is 13.0. The number of nitrogens with one attached hydrogen (secondary N) is 1. The van der Waals surface area contributed by atoms with E-state index in [9.17, 15) is 0 Å². The minimum atomic E-state index is 0.949. The Morgan fingerprint density at radius 3 is 2.55 bits per heavy atom. The van der Waals surface area contributed by atoms with Crippen molar-refractivity contribution in [1.29, 1.82) is 0 Å². The lowest BCUT2D eigenvalue weighted by Gasteiger charge is -2.05. The second kappa shape index (κ2) is 5.78. The molecule has 1 nitrogen and oxygen atoms in total. The van der Waals surface area contributed by atoms with E-state index in [1.54, 1.807) is 0 Å². The van der Waals surface area contributed by atoms with Gasteiger partial charge >= 0.3 is 0 Å². The summed E-state index contributed by atoms with van der Waals surface area (Å²) < 4.78 is 0. The lowest BCUT2D eigenvalue weighted by atomic mass is 10.2. The van der Waals surface area contributed by atoms with E-state index in [1.165, 1.54) is 5.57 Å². The van der Waals surface area contributed by atoms with Crippen molar-refractivity contribution in [3.05, 3.63) is 36.1 Å². The predicted molar refractivity (Wildman–Crippen MR) is 51.4 cm³/mol. The van der Waals surface area contributed by atoms with Gasteiger partial charge in [-0.15, -0.1) is 0 Å². The van der Waals surface area contributed by atoms with Crippen LogP contribution in [0, 0.1) is 0 Å². The molecule has 0 aliphatic carbocycles. The molecular formula is C10H17N. The lowest BCUT2D eigenvalue weighted by molar-refractivity contribution is 0.868. The smallest absolute Gasteiger partial charge is 0.0366 e. The Morgan fingerprint density at radius 2 is 2.18 bits per heavy atom. The summed E-state index contributed by atoms with van der Waals surface area (Å²) in [5.74, 6) is 0. The fraction of sp³-hybridized carbons (Fsp3) is 0.400. The standard InChI is InChI=1S/C10H17N/c1-5-8-10(11-7-3)9(4)6-2/h5-6,8,11H,2,7H2,1,3-4H3/b8-5-,10-9+. The molecule has 0 unspecified atom stereocenters. The molecule has 0 bridgehead atoms. The van der Waals surface area contributed by atoms with E-state index in [0.717, 1.165) is 12.2 Å². The van der Waals surface area contributed by atoms with Gasteiger partial charge in [0.15, 0.2) is 0 Å². The number of hydrogen-bond donors (Lipinski definition) is 1. The molecule has 0 saturated heterocycles. The van der Waals surface area contributed by atoms with Gasteiger partial charge in [-0.25, -0.2) is 0 Å². The highest BCUT2D eigenvalue weighted by molar-refractivity contribution is 5.28. The second-order valence-corrected chi connectivity index (χ2v) is 2.33. The van der Waals surface area contributed by atoms with Crippen molar-refractivity contribution >= 4 is 0 Å². The Kier molecular flexibility index (Phi) is 5.26. The van der Waals surface area contributed by atoms with E-state index >= 15 is 0 Å². The van der Waals surface area contributed by atoms with Crippen LogP contribution >= 0.6 is 0 Å². The number of likely N-dealkylation sites (N-methyl/N-ethyl adjacent to an activating group) is 1. The van der Waals surface area contributed by atoms with Crippen LogP contribution in [0.4, 0.5) is 0 Å². The van der Waals surface area contributed by atoms with Crippen molar-refractivity contribution in [3.8, 4) is 0 Å². The second-order valence-electron chi connectivity index (χ2n) is 2.33. The molecule has 1 heteroatoms. The van der Waals surface area contributed by atoms with Gasteiger partial charge in [-0.3, -0.25) is 0 Å². The van der Waals surface area contributed by atoms with Gasteiger partial charge in [-0.05, 0) is 32.4 Å². The van der Waals surface area contributed by atoms with Crippen LogP contribution in [0.2, 0.25) is 0 Å². The monoisotopic (exact) mass is 151 g/mol. The highest BCUT2D eigenvalue weighted by atomic mass is 14.9. The minimum Gasteiger partial charge on any atom is -0.385 e. The Bertz CT molecular complexity index is 175. The van der Waals surface area contributed by atoms with Crippen LogP contribution in [0.3, 0.4) is 0 Å². The molecule has 0 heterocycles. The summed E-state index contributed by atoms with van der Waals surface area (Å²) in [5.41, 5.74) is 2.34. The van der Waals surface area contributed by atoms with Crippen molar-refractivity contribution in [2.45, 2.75) is 20.8 Å². The highest BCUT2D eigenvalue weighted by Crippen LogP contribution is 2.02. The van der Waals surface area contributed by atoms with Crippen LogP contribution in [-0.4, -0.2) is 6.54 Å². The van der Waals surface area contributed by atoms with E-state index in [0.29, 0.717) is 0 Å². The van der Waals surface area contributed by atoms with E-state index in [4.69, 9.17) is 0 Å². The molecule has 0 spiro atoms. The molecule has 0 aliphatic rings. The Hall–Kier alpha value is -0.980. The Labute approximate surface area is 69.5 Å². The summed E-state index contributed by atoms with van der Waals surface area (Å²) in [5, 5.41) is 3.26. The third kappa shape index (κ3) is 3.66. The van der Waals surface area contributed by atoms with Crippen molar-refractivity contribution in [2.75, 3.05) is 6.54 Å². The summed E-state index contributed by atoms with van der Waals surface area (Å²) in [6, 6.07) is 0. The van der Waals surface area contributed by atoms with Gasteiger partial charge in [0.05, 0.1) is 0 Å². The van der Waals surface area contributed by atoms with Crippen molar-refractivity contribution in [2.24, 2.45) is 0 Å². The summed E-state index contributed by atoms with van der Waals surface area (Å²) in [6.45, 7) is 10.8. The third-order valence-electron chi connectivity index (χ3n) is 1.43. The first kappa shape index (κ1) is 10.0. The summed E-state index contributed by atoms with van der Waals surface area (Å²) in [4.78, 5) is 0. The van der Waals surface area contributed by atoms with E-state index in [-0.39, 0.29) is 0 Å². The minimum absolute atomic E-state index is 0.949. The fourth-order valence-corrected chi connectivity index (χ4v) is 0.797. The van der Waals surface area contributed by atoms with Gasteiger partial charge in [0.2, 0.25) is 0 Å². The topological polar surface area (TPSA) is 12.0 Å². The molecule has 62 valence electrons. The van der Waals surface area contributed by atoms with Crippen LogP contribution in [0.25, 0.3) is 0 Å². The molecule has 0 aliphatic heterocycles. The van der Waals surface area contributed by atoms with Gasteiger partial charge in [-0.2, -0.15) is 0 Å². The van der Waals surface area contributed by atoms with Crippen LogP contribution in [-0.2, 0) is 0 Å². The third-order valence-corrected chi connectivity index (χ3v) is 1.43. The SMILES string of the molecule is C=C/C(C)=C(\C=C/C)NCC. The fourth-order valence-electron chi connectivity index (χ4n) is 0.797. The predicted octanol–water partition coefficient (Wildman–Crippen LogP) is 2.63. The lowest BCUT2D eigenvalue weighted by Crippen LogP contribution is -2.11. The maximum Gasteiger partial charge on any atom is 0.0366 e. The van der Waals surface area contributed by atoms with E-state index < -0.39 is 0 Å².